The number of aromatic nitrogens is 2. The molecule has 0 aliphatic heterocycles. The molecule has 1 aromatic heterocycles. The van der Waals surface area contributed by atoms with E-state index in [1.807, 2.05) is 10.9 Å². The van der Waals surface area contributed by atoms with Gasteiger partial charge in [-0.3, -0.25) is 4.68 Å². The normalized spacial score (nSPS) is 16.8. The number of hydrogen-bond donors (Lipinski definition) is 1. The topological polar surface area (TPSA) is 39.1 Å². The summed E-state index contributed by atoms with van der Waals surface area (Å²) in [4.78, 5) is 0. The highest BCUT2D eigenvalue weighted by Crippen LogP contribution is 2.20. The molecule has 17 heavy (non-hydrogen) atoms. The highest BCUT2D eigenvalue weighted by atomic mass is 16.5. The molecule has 0 bridgehead atoms. The van der Waals surface area contributed by atoms with Gasteiger partial charge in [0.15, 0.2) is 0 Å². The Morgan fingerprint density at radius 3 is 3.00 bits per heavy atom. The Balaban J connectivity index is 1.53. The van der Waals surface area contributed by atoms with E-state index in [1.165, 1.54) is 31.2 Å². The smallest absolute Gasteiger partial charge is 0.0594 e. The second-order valence-corrected chi connectivity index (χ2v) is 4.66. The van der Waals surface area contributed by atoms with Crippen LogP contribution in [0.3, 0.4) is 0 Å². The van der Waals surface area contributed by atoms with Crippen molar-refractivity contribution in [2.24, 2.45) is 0 Å². The summed E-state index contributed by atoms with van der Waals surface area (Å²) in [5.41, 5.74) is 1.24. The van der Waals surface area contributed by atoms with E-state index in [1.54, 1.807) is 0 Å². The molecule has 0 radical (unpaired) electrons. The van der Waals surface area contributed by atoms with E-state index in [-0.39, 0.29) is 0 Å². The zero-order chi connectivity index (χ0) is 11.9. The first-order chi connectivity index (χ1) is 8.38. The van der Waals surface area contributed by atoms with E-state index in [2.05, 4.69) is 23.5 Å². The number of ether oxygens (including phenoxy) is 1. The Bertz CT molecular complexity index is 318. The van der Waals surface area contributed by atoms with Gasteiger partial charge in [-0.05, 0) is 19.8 Å². The van der Waals surface area contributed by atoms with Gasteiger partial charge < -0.3 is 10.1 Å². The molecule has 0 spiro atoms. The monoisotopic (exact) mass is 237 g/mol. The quantitative estimate of drug-likeness (QED) is 0.737. The lowest BCUT2D eigenvalue weighted by Gasteiger charge is -2.10. The van der Waals surface area contributed by atoms with Crippen LogP contribution in [-0.4, -0.2) is 29.0 Å². The Morgan fingerprint density at radius 2 is 2.29 bits per heavy atom. The SMILES string of the molecule is CCn1cc(CNCCOC2CCCC2)cn1. The minimum atomic E-state index is 0.527. The van der Waals surface area contributed by atoms with Crippen molar-refractivity contribution in [2.75, 3.05) is 13.2 Å². The predicted molar refractivity (Wildman–Crippen MR) is 67.8 cm³/mol. The van der Waals surface area contributed by atoms with Crippen molar-refractivity contribution < 1.29 is 4.74 Å². The fourth-order valence-corrected chi connectivity index (χ4v) is 2.26. The van der Waals surface area contributed by atoms with E-state index in [0.29, 0.717) is 6.10 Å². The first-order valence-corrected chi connectivity index (χ1v) is 6.72. The van der Waals surface area contributed by atoms with Gasteiger partial charge in [-0.25, -0.2) is 0 Å². The maximum absolute atomic E-state index is 5.78. The Labute approximate surface area is 103 Å². The number of aryl methyl sites for hydroxylation is 1. The minimum Gasteiger partial charge on any atom is -0.377 e. The van der Waals surface area contributed by atoms with Crippen LogP contribution in [0.4, 0.5) is 0 Å². The summed E-state index contributed by atoms with van der Waals surface area (Å²) in [7, 11) is 0. The molecular formula is C13H23N3O. The summed E-state index contributed by atoms with van der Waals surface area (Å²) in [6.07, 6.45) is 9.73. The molecule has 0 atom stereocenters. The van der Waals surface area contributed by atoms with Crippen LogP contribution >= 0.6 is 0 Å². The fraction of sp³-hybridized carbons (Fsp3) is 0.769. The van der Waals surface area contributed by atoms with E-state index >= 15 is 0 Å². The van der Waals surface area contributed by atoms with Gasteiger partial charge in [0.05, 0.1) is 18.9 Å². The Hall–Kier alpha value is -0.870. The minimum absolute atomic E-state index is 0.527. The largest absolute Gasteiger partial charge is 0.377 e. The van der Waals surface area contributed by atoms with Crippen LogP contribution in [0.1, 0.15) is 38.2 Å². The second kappa shape index (κ2) is 6.77. The summed E-state index contributed by atoms with van der Waals surface area (Å²) < 4.78 is 7.73. The van der Waals surface area contributed by atoms with Crippen LogP contribution in [0, 0.1) is 0 Å². The maximum Gasteiger partial charge on any atom is 0.0594 e. The van der Waals surface area contributed by atoms with Crippen LogP contribution in [-0.2, 0) is 17.8 Å². The first-order valence-electron chi connectivity index (χ1n) is 6.72. The van der Waals surface area contributed by atoms with E-state index in [4.69, 9.17) is 4.74 Å². The molecule has 1 aliphatic rings. The predicted octanol–water partition coefficient (Wildman–Crippen LogP) is 1.95. The molecule has 1 fully saturated rings. The number of rotatable bonds is 7. The summed E-state index contributed by atoms with van der Waals surface area (Å²) in [6, 6.07) is 0. The van der Waals surface area contributed by atoms with E-state index in [9.17, 15) is 0 Å². The van der Waals surface area contributed by atoms with Gasteiger partial charge in [0, 0.05) is 31.4 Å². The van der Waals surface area contributed by atoms with Crippen molar-refractivity contribution in [3.63, 3.8) is 0 Å². The van der Waals surface area contributed by atoms with Crippen molar-refractivity contribution in [3.05, 3.63) is 18.0 Å². The summed E-state index contributed by atoms with van der Waals surface area (Å²) in [5, 5.41) is 7.63. The van der Waals surface area contributed by atoms with Gasteiger partial charge in [0.25, 0.3) is 0 Å². The molecule has 2 rings (SSSR count). The third-order valence-electron chi connectivity index (χ3n) is 3.27. The highest BCUT2D eigenvalue weighted by molar-refractivity contribution is 5.02. The molecular weight excluding hydrogens is 214 g/mol. The zero-order valence-electron chi connectivity index (χ0n) is 10.7. The molecule has 1 heterocycles. The summed E-state index contributed by atoms with van der Waals surface area (Å²) >= 11 is 0. The molecule has 1 saturated carbocycles. The lowest BCUT2D eigenvalue weighted by molar-refractivity contribution is 0.0603. The van der Waals surface area contributed by atoms with Crippen molar-refractivity contribution in [3.8, 4) is 0 Å². The van der Waals surface area contributed by atoms with Crippen molar-refractivity contribution in [2.45, 2.75) is 51.8 Å². The van der Waals surface area contributed by atoms with Gasteiger partial charge in [-0.2, -0.15) is 5.10 Å². The molecule has 4 nitrogen and oxygen atoms in total. The fourth-order valence-electron chi connectivity index (χ4n) is 2.26. The third-order valence-corrected chi connectivity index (χ3v) is 3.27. The van der Waals surface area contributed by atoms with Crippen molar-refractivity contribution >= 4 is 0 Å². The highest BCUT2D eigenvalue weighted by Gasteiger charge is 2.14. The van der Waals surface area contributed by atoms with Gasteiger partial charge in [-0.15, -0.1) is 0 Å². The van der Waals surface area contributed by atoms with Gasteiger partial charge in [-0.1, -0.05) is 12.8 Å². The van der Waals surface area contributed by atoms with Crippen LogP contribution < -0.4 is 5.32 Å². The van der Waals surface area contributed by atoms with Crippen LogP contribution in [0.5, 0.6) is 0 Å². The number of nitrogens with one attached hydrogen (secondary N) is 1. The lowest BCUT2D eigenvalue weighted by atomic mass is 10.3. The standard InChI is InChI=1S/C13H23N3O/c1-2-16-11-12(10-15-16)9-14-7-8-17-13-5-3-4-6-13/h10-11,13-14H,2-9H2,1H3. The maximum atomic E-state index is 5.78. The molecule has 1 N–H and O–H groups in total. The third kappa shape index (κ3) is 4.13. The summed E-state index contributed by atoms with van der Waals surface area (Å²) in [6.45, 7) is 5.67. The number of hydrogen-bond acceptors (Lipinski definition) is 3. The van der Waals surface area contributed by atoms with Gasteiger partial charge in [0.1, 0.15) is 0 Å². The van der Waals surface area contributed by atoms with Gasteiger partial charge in [0.2, 0.25) is 0 Å². The molecule has 0 aromatic carbocycles. The van der Waals surface area contributed by atoms with E-state index < -0.39 is 0 Å². The van der Waals surface area contributed by atoms with Crippen molar-refractivity contribution in [1.82, 2.24) is 15.1 Å². The molecule has 1 aromatic rings. The van der Waals surface area contributed by atoms with Gasteiger partial charge >= 0.3 is 0 Å². The van der Waals surface area contributed by atoms with Crippen LogP contribution in [0.2, 0.25) is 0 Å². The lowest BCUT2D eigenvalue weighted by Crippen LogP contribution is -2.21. The molecule has 4 heteroatoms. The molecule has 0 saturated heterocycles. The van der Waals surface area contributed by atoms with Crippen LogP contribution in [0.25, 0.3) is 0 Å². The molecule has 96 valence electrons. The Morgan fingerprint density at radius 1 is 1.47 bits per heavy atom. The Kier molecular flexibility index (Phi) is 5.01. The molecule has 1 aliphatic carbocycles. The second-order valence-electron chi connectivity index (χ2n) is 4.66. The first kappa shape index (κ1) is 12.6. The molecule has 0 amide bonds. The van der Waals surface area contributed by atoms with Crippen molar-refractivity contribution in [1.29, 1.82) is 0 Å². The average Bonchev–Trinajstić information content (AvgIpc) is 2.99. The molecule has 0 unspecified atom stereocenters. The summed E-state index contributed by atoms with van der Waals surface area (Å²) in [5.74, 6) is 0. The van der Waals surface area contributed by atoms with E-state index in [0.717, 1.165) is 26.2 Å². The average molecular weight is 237 g/mol. The van der Waals surface area contributed by atoms with Crippen LogP contribution in [0.15, 0.2) is 12.4 Å². The number of nitrogens with zero attached hydrogens (tertiary/aromatic N) is 2. The zero-order valence-corrected chi connectivity index (χ0v) is 10.7.